The van der Waals surface area contributed by atoms with Gasteiger partial charge in [-0.3, -0.25) is 14.7 Å². The van der Waals surface area contributed by atoms with Crippen LogP contribution in [-0.4, -0.2) is 34.6 Å². The summed E-state index contributed by atoms with van der Waals surface area (Å²) in [4.78, 5) is 22.3. The van der Waals surface area contributed by atoms with E-state index in [1.54, 1.807) is 0 Å². The Morgan fingerprint density at radius 3 is 3.07 bits per heavy atom. The van der Waals surface area contributed by atoms with Gasteiger partial charge in [-0.05, 0) is 0 Å². The van der Waals surface area contributed by atoms with Crippen molar-refractivity contribution in [3.05, 3.63) is 18.0 Å². The summed E-state index contributed by atoms with van der Waals surface area (Å²) < 4.78 is 0. The highest BCUT2D eigenvalue weighted by atomic mass is 16.2. The van der Waals surface area contributed by atoms with Gasteiger partial charge in [0.1, 0.15) is 0 Å². The molecule has 1 aliphatic rings. The van der Waals surface area contributed by atoms with Crippen LogP contribution in [0.15, 0.2) is 12.4 Å². The number of aromatic nitrogens is 2. The van der Waals surface area contributed by atoms with E-state index < -0.39 is 0 Å². The summed E-state index contributed by atoms with van der Waals surface area (Å²) in [5, 5.41) is 11.6. The first-order valence-corrected chi connectivity index (χ1v) is 4.32. The van der Waals surface area contributed by atoms with Crippen LogP contribution in [0.3, 0.4) is 0 Å². The molecule has 74 valence electrons. The van der Waals surface area contributed by atoms with Crippen molar-refractivity contribution in [1.29, 1.82) is 0 Å². The molecule has 0 spiro atoms. The van der Waals surface area contributed by atoms with Gasteiger partial charge in [0.15, 0.2) is 0 Å². The summed E-state index contributed by atoms with van der Waals surface area (Å²) in [6, 6.07) is -0.107. The molecule has 0 aromatic carbocycles. The number of hydrogen-bond acceptors (Lipinski definition) is 3. The van der Waals surface area contributed by atoms with E-state index in [4.69, 9.17) is 0 Å². The molecule has 14 heavy (non-hydrogen) atoms. The van der Waals surface area contributed by atoms with Crippen molar-refractivity contribution in [2.24, 2.45) is 0 Å². The van der Waals surface area contributed by atoms with Crippen LogP contribution in [0, 0.1) is 0 Å². The third-order valence-electron chi connectivity index (χ3n) is 2.07. The predicted molar refractivity (Wildman–Crippen MR) is 47.5 cm³/mol. The molecule has 0 saturated carbocycles. The van der Waals surface area contributed by atoms with Crippen molar-refractivity contribution in [3.63, 3.8) is 0 Å². The van der Waals surface area contributed by atoms with Crippen LogP contribution in [0.25, 0.3) is 0 Å². The monoisotopic (exact) mass is 194 g/mol. The molecule has 0 aliphatic carbocycles. The first-order chi connectivity index (χ1) is 6.75. The fourth-order valence-electron chi connectivity index (χ4n) is 1.35. The highest BCUT2D eigenvalue weighted by molar-refractivity contribution is 5.94. The number of H-pyrrole nitrogens is 1. The zero-order valence-corrected chi connectivity index (χ0v) is 7.41. The van der Waals surface area contributed by atoms with E-state index >= 15 is 0 Å². The van der Waals surface area contributed by atoms with Crippen LogP contribution in [0.1, 0.15) is 16.8 Å². The van der Waals surface area contributed by atoms with Crippen molar-refractivity contribution < 1.29 is 9.59 Å². The second kappa shape index (κ2) is 3.49. The molecule has 2 rings (SSSR count). The maximum atomic E-state index is 11.5. The standard InChI is InChI=1S/C8H10N4O2/c13-7-1-6(4-9-7)12-8(14)5-2-10-11-3-5/h2-3,6H,1,4H2,(H,9,13)(H,10,11)(H,12,14). The molecule has 2 heterocycles. The van der Waals surface area contributed by atoms with E-state index in [1.165, 1.54) is 12.4 Å². The number of aromatic amines is 1. The highest BCUT2D eigenvalue weighted by Crippen LogP contribution is 2.01. The number of hydrogen-bond donors (Lipinski definition) is 3. The van der Waals surface area contributed by atoms with Crippen molar-refractivity contribution >= 4 is 11.8 Å². The second-order valence-electron chi connectivity index (χ2n) is 3.17. The van der Waals surface area contributed by atoms with Gasteiger partial charge >= 0.3 is 0 Å². The largest absolute Gasteiger partial charge is 0.354 e. The fraction of sp³-hybridized carbons (Fsp3) is 0.375. The molecule has 1 unspecified atom stereocenters. The second-order valence-corrected chi connectivity index (χ2v) is 3.17. The molecule has 1 aromatic rings. The molecular formula is C8H10N4O2. The van der Waals surface area contributed by atoms with Gasteiger partial charge in [0, 0.05) is 19.2 Å². The van der Waals surface area contributed by atoms with Crippen molar-refractivity contribution in [1.82, 2.24) is 20.8 Å². The molecule has 6 heteroatoms. The van der Waals surface area contributed by atoms with Crippen LogP contribution >= 0.6 is 0 Å². The maximum Gasteiger partial charge on any atom is 0.254 e. The molecular weight excluding hydrogens is 184 g/mol. The highest BCUT2D eigenvalue weighted by Gasteiger charge is 2.23. The van der Waals surface area contributed by atoms with E-state index in [1.807, 2.05) is 0 Å². The Balaban J connectivity index is 1.92. The molecule has 0 radical (unpaired) electrons. The smallest absolute Gasteiger partial charge is 0.254 e. The van der Waals surface area contributed by atoms with Crippen LogP contribution in [0.4, 0.5) is 0 Å². The van der Waals surface area contributed by atoms with Gasteiger partial charge in [0.2, 0.25) is 5.91 Å². The average Bonchev–Trinajstić information content (AvgIpc) is 2.75. The number of carbonyl (C=O) groups excluding carboxylic acids is 2. The van der Waals surface area contributed by atoms with E-state index in [9.17, 15) is 9.59 Å². The van der Waals surface area contributed by atoms with Crippen LogP contribution < -0.4 is 10.6 Å². The SMILES string of the molecule is O=C1CC(NC(=O)c2cn[nH]c2)CN1. The zero-order valence-electron chi connectivity index (χ0n) is 7.41. The van der Waals surface area contributed by atoms with E-state index in [0.29, 0.717) is 18.5 Å². The predicted octanol–water partition coefficient (Wildman–Crippen LogP) is -0.972. The summed E-state index contributed by atoms with van der Waals surface area (Å²) in [5.41, 5.74) is 0.476. The van der Waals surface area contributed by atoms with Crippen molar-refractivity contribution in [2.45, 2.75) is 12.5 Å². The molecule has 3 N–H and O–H groups in total. The maximum absolute atomic E-state index is 11.5. The first kappa shape index (κ1) is 8.74. The van der Waals surface area contributed by atoms with Crippen LogP contribution in [0.2, 0.25) is 0 Å². The van der Waals surface area contributed by atoms with Crippen molar-refractivity contribution in [3.8, 4) is 0 Å². The minimum Gasteiger partial charge on any atom is -0.354 e. The Hall–Kier alpha value is -1.85. The lowest BCUT2D eigenvalue weighted by atomic mass is 10.2. The minimum atomic E-state index is -0.208. The van der Waals surface area contributed by atoms with Crippen LogP contribution in [0.5, 0.6) is 0 Å². The Morgan fingerprint density at radius 2 is 2.50 bits per heavy atom. The van der Waals surface area contributed by atoms with Gasteiger partial charge < -0.3 is 10.6 Å². The van der Waals surface area contributed by atoms with Gasteiger partial charge in [-0.15, -0.1) is 0 Å². The fourth-order valence-corrected chi connectivity index (χ4v) is 1.35. The number of nitrogens with one attached hydrogen (secondary N) is 3. The van der Waals surface area contributed by atoms with E-state index in [2.05, 4.69) is 20.8 Å². The molecule has 1 aromatic heterocycles. The quantitative estimate of drug-likeness (QED) is 0.566. The molecule has 1 saturated heterocycles. The van der Waals surface area contributed by atoms with Gasteiger partial charge in [-0.2, -0.15) is 5.10 Å². The lowest BCUT2D eigenvalue weighted by Crippen LogP contribution is -2.35. The summed E-state index contributed by atoms with van der Waals surface area (Å²) >= 11 is 0. The summed E-state index contributed by atoms with van der Waals surface area (Å²) in [7, 11) is 0. The number of rotatable bonds is 2. The van der Waals surface area contributed by atoms with E-state index in [0.717, 1.165) is 0 Å². The lowest BCUT2D eigenvalue weighted by Gasteiger charge is -2.08. The third kappa shape index (κ3) is 1.73. The third-order valence-corrected chi connectivity index (χ3v) is 2.07. The topological polar surface area (TPSA) is 86.9 Å². The molecule has 1 atom stereocenters. The number of amides is 2. The van der Waals surface area contributed by atoms with Crippen LogP contribution in [-0.2, 0) is 4.79 Å². The molecule has 0 bridgehead atoms. The van der Waals surface area contributed by atoms with Gasteiger partial charge in [0.05, 0.1) is 17.8 Å². The van der Waals surface area contributed by atoms with Gasteiger partial charge in [-0.25, -0.2) is 0 Å². The Bertz CT molecular complexity index is 346. The molecule has 1 fully saturated rings. The average molecular weight is 194 g/mol. The lowest BCUT2D eigenvalue weighted by molar-refractivity contribution is -0.119. The summed E-state index contributed by atoms with van der Waals surface area (Å²) in [6.45, 7) is 0.502. The number of carbonyl (C=O) groups is 2. The van der Waals surface area contributed by atoms with Crippen molar-refractivity contribution in [2.75, 3.05) is 6.54 Å². The molecule has 1 aliphatic heterocycles. The molecule has 2 amide bonds. The Labute approximate surface area is 80.1 Å². The molecule has 6 nitrogen and oxygen atoms in total. The first-order valence-electron chi connectivity index (χ1n) is 4.32. The normalized spacial score (nSPS) is 20.6. The van der Waals surface area contributed by atoms with E-state index in [-0.39, 0.29) is 17.9 Å². The van der Waals surface area contributed by atoms with Gasteiger partial charge in [-0.1, -0.05) is 0 Å². The summed E-state index contributed by atoms with van der Waals surface area (Å²) in [6.07, 6.45) is 3.31. The number of nitrogens with zero attached hydrogens (tertiary/aromatic N) is 1. The summed E-state index contributed by atoms with van der Waals surface area (Å²) in [5.74, 6) is -0.234. The Kier molecular flexibility index (Phi) is 2.18. The van der Waals surface area contributed by atoms with Gasteiger partial charge in [0.25, 0.3) is 5.91 Å². The zero-order chi connectivity index (χ0) is 9.97. The minimum absolute atomic E-state index is 0.0255. The Morgan fingerprint density at radius 1 is 1.64 bits per heavy atom.